The lowest BCUT2D eigenvalue weighted by Crippen LogP contribution is -2.30. The van der Waals surface area contributed by atoms with Gasteiger partial charge in [-0.1, -0.05) is 67.9 Å². The highest BCUT2D eigenvalue weighted by Crippen LogP contribution is 2.33. The zero-order valence-electron chi connectivity index (χ0n) is 28.8. The van der Waals surface area contributed by atoms with Crippen LogP contribution < -0.4 is 15.8 Å². The Morgan fingerprint density at radius 3 is 2.62 bits per heavy atom. The highest BCUT2D eigenvalue weighted by Gasteiger charge is 2.26. The zero-order valence-corrected chi connectivity index (χ0v) is 28.8. The van der Waals surface area contributed by atoms with E-state index in [4.69, 9.17) is 10.5 Å². The van der Waals surface area contributed by atoms with Gasteiger partial charge in [0.1, 0.15) is 5.78 Å². The summed E-state index contributed by atoms with van der Waals surface area (Å²) in [7, 11) is 0. The number of aliphatic imine (C=N–C) groups is 1. The van der Waals surface area contributed by atoms with E-state index in [1.54, 1.807) is 18.2 Å². The molecule has 0 aliphatic carbocycles. The first-order valence-corrected chi connectivity index (χ1v) is 17.5. The number of aliphatic hydroxyl groups is 3. The van der Waals surface area contributed by atoms with E-state index in [0.29, 0.717) is 31.6 Å². The monoisotopic (exact) mass is 682 g/mol. The molecule has 10 heteroatoms. The van der Waals surface area contributed by atoms with Crippen molar-refractivity contribution in [2.75, 3.05) is 19.8 Å². The van der Waals surface area contributed by atoms with Gasteiger partial charge in [-0.15, -0.1) is 0 Å². The van der Waals surface area contributed by atoms with Gasteiger partial charge < -0.3 is 35.8 Å². The van der Waals surface area contributed by atoms with E-state index in [2.05, 4.69) is 28.5 Å². The number of aliphatic hydroxyl groups excluding tert-OH is 3. The zero-order chi connectivity index (χ0) is 35.5. The molecule has 0 spiro atoms. The molecule has 7 N–H and O–H groups in total. The number of aryl methyl sites for hydroxylation is 1. The standard InChI is InChI=1S/C40H50N4O6/c1-2-6-33(46)20-35(48)21-34(47)13-9-28-10-14-38(49)39(17-28)50-26-44-23-36-32(22-43-37(36)24-44)19-31-18-29(11-12-30(31)25-45)40(41)42-16-15-27-7-4-3-5-8-27/h3-5,7-8,10-12,14,17-18,22,24,33,35,40,42,45-46,48-49H,2,6,9,13,15-16,19-21,23,25-26,41H2,1H3. The number of phenols is 1. The van der Waals surface area contributed by atoms with Crippen LogP contribution in [0.2, 0.25) is 0 Å². The van der Waals surface area contributed by atoms with Crippen molar-refractivity contribution in [1.82, 2.24) is 10.2 Å². The van der Waals surface area contributed by atoms with Crippen molar-refractivity contribution in [2.24, 2.45) is 10.7 Å². The predicted octanol–water partition coefficient (Wildman–Crippen LogP) is 4.59. The Morgan fingerprint density at radius 2 is 1.84 bits per heavy atom. The second kappa shape index (κ2) is 18.1. The number of nitrogens with two attached hydrogens (primary N) is 1. The number of rotatable bonds is 20. The average Bonchev–Trinajstić information content (AvgIpc) is 3.68. The summed E-state index contributed by atoms with van der Waals surface area (Å²) in [5, 5.41) is 44.0. The minimum absolute atomic E-state index is 0.00885. The van der Waals surface area contributed by atoms with Crippen molar-refractivity contribution in [3.63, 3.8) is 0 Å². The fourth-order valence-corrected chi connectivity index (χ4v) is 6.40. The van der Waals surface area contributed by atoms with Gasteiger partial charge in [-0.25, -0.2) is 0 Å². The number of aromatic hydroxyl groups is 1. The molecule has 3 aromatic carbocycles. The molecule has 2 aliphatic rings. The lowest BCUT2D eigenvalue weighted by molar-refractivity contribution is -0.121. The molecular weight excluding hydrogens is 632 g/mol. The minimum Gasteiger partial charge on any atom is -0.504 e. The van der Waals surface area contributed by atoms with E-state index in [-0.39, 0.29) is 50.3 Å². The second-order valence-corrected chi connectivity index (χ2v) is 13.2. The molecule has 3 unspecified atom stereocenters. The third-order valence-electron chi connectivity index (χ3n) is 9.22. The number of hydrogen-bond acceptors (Lipinski definition) is 10. The fourth-order valence-electron chi connectivity index (χ4n) is 6.40. The molecule has 3 aromatic rings. The van der Waals surface area contributed by atoms with Gasteiger partial charge in [0.2, 0.25) is 0 Å². The molecule has 3 atom stereocenters. The average molecular weight is 683 g/mol. The van der Waals surface area contributed by atoms with Crippen molar-refractivity contribution >= 4 is 12.0 Å². The molecule has 2 heterocycles. The molecule has 0 bridgehead atoms. The van der Waals surface area contributed by atoms with Crippen LogP contribution in [0, 0.1) is 0 Å². The molecule has 5 rings (SSSR count). The molecule has 0 radical (unpaired) electrons. The number of carbonyl (C=O) groups excluding carboxylic acids is 1. The van der Waals surface area contributed by atoms with E-state index in [1.165, 1.54) is 5.56 Å². The molecule has 266 valence electrons. The number of allylic oxidation sites excluding steroid dienone is 1. The maximum absolute atomic E-state index is 12.4. The van der Waals surface area contributed by atoms with Crippen molar-refractivity contribution in [3.05, 3.63) is 118 Å². The highest BCUT2D eigenvalue weighted by molar-refractivity contribution is 5.87. The number of benzene rings is 3. The van der Waals surface area contributed by atoms with Gasteiger partial charge in [0.15, 0.2) is 18.2 Å². The molecule has 0 saturated carbocycles. The van der Waals surface area contributed by atoms with Gasteiger partial charge >= 0.3 is 0 Å². The number of ketones is 1. The third kappa shape index (κ3) is 10.3. The Hall–Kier alpha value is -4.32. The lowest BCUT2D eigenvalue weighted by Gasteiger charge is -2.19. The van der Waals surface area contributed by atoms with Crippen LogP contribution in [-0.4, -0.2) is 69.4 Å². The summed E-state index contributed by atoms with van der Waals surface area (Å²) in [5.41, 5.74) is 14.4. The SMILES string of the molecule is CCCC(O)CC(O)CC(=O)CCc1ccc(O)c(OCN2C=C3N=CC(Cc4cc(C(N)NCCc5ccccc5)ccc4CO)=C3C2)c1. The third-order valence-corrected chi connectivity index (χ3v) is 9.22. The number of fused-ring (bicyclic) bond motifs is 1. The Kier molecular flexibility index (Phi) is 13.4. The van der Waals surface area contributed by atoms with Crippen LogP contribution in [0.15, 0.2) is 94.8 Å². The van der Waals surface area contributed by atoms with Crippen molar-refractivity contribution in [1.29, 1.82) is 0 Å². The van der Waals surface area contributed by atoms with E-state index in [9.17, 15) is 25.2 Å². The number of hydrogen-bond donors (Lipinski definition) is 6. The smallest absolute Gasteiger partial charge is 0.163 e. The molecule has 0 fully saturated rings. The van der Waals surface area contributed by atoms with Crippen LogP contribution in [0.4, 0.5) is 0 Å². The fraction of sp³-hybridized carbons (Fsp3) is 0.400. The number of phenolic OH excluding ortho intramolecular Hbond substituents is 1. The summed E-state index contributed by atoms with van der Waals surface area (Å²) >= 11 is 0. The van der Waals surface area contributed by atoms with E-state index >= 15 is 0 Å². The summed E-state index contributed by atoms with van der Waals surface area (Å²) < 4.78 is 6.01. The van der Waals surface area contributed by atoms with Gasteiger partial charge in [-0.2, -0.15) is 0 Å². The maximum Gasteiger partial charge on any atom is 0.163 e. The van der Waals surface area contributed by atoms with Gasteiger partial charge in [0.05, 0.1) is 30.7 Å². The molecule has 10 nitrogen and oxygen atoms in total. The van der Waals surface area contributed by atoms with E-state index in [0.717, 1.165) is 58.5 Å². The molecule has 50 heavy (non-hydrogen) atoms. The largest absolute Gasteiger partial charge is 0.504 e. The highest BCUT2D eigenvalue weighted by atomic mass is 16.5. The van der Waals surface area contributed by atoms with Gasteiger partial charge in [0.25, 0.3) is 0 Å². The Labute approximate surface area is 294 Å². The quantitative estimate of drug-likeness (QED) is 0.0937. The molecule has 0 saturated heterocycles. The van der Waals surface area contributed by atoms with Crippen LogP contribution in [0.5, 0.6) is 11.5 Å². The summed E-state index contributed by atoms with van der Waals surface area (Å²) in [4.78, 5) is 19.1. The minimum atomic E-state index is -0.852. The number of ether oxygens (including phenoxy) is 1. The van der Waals surface area contributed by atoms with E-state index < -0.39 is 12.2 Å². The first-order chi connectivity index (χ1) is 24.2. The molecular formula is C40H50N4O6. The molecule has 2 aliphatic heterocycles. The van der Waals surface area contributed by atoms with Crippen LogP contribution in [0.1, 0.15) is 73.0 Å². The summed E-state index contributed by atoms with van der Waals surface area (Å²) in [6.07, 6.45) is 5.84. The normalized spacial score (nSPS) is 15.6. The van der Waals surface area contributed by atoms with Crippen molar-refractivity contribution < 1.29 is 30.0 Å². The summed E-state index contributed by atoms with van der Waals surface area (Å²) in [5.74, 6) is 0.256. The van der Waals surface area contributed by atoms with Crippen molar-refractivity contribution in [2.45, 2.75) is 83.3 Å². The number of carbonyl (C=O) groups is 1. The number of nitrogens with one attached hydrogen (secondary N) is 1. The van der Waals surface area contributed by atoms with Crippen LogP contribution in [0.25, 0.3) is 0 Å². The first kappa shape index (κ1) is 36.9. The summed E-state index contributed by atoms with van der Waals surface area (Å²) in [6, 6.07) is 21.3. The molecule has 0 aromatic heterocycles. The first-order valence-electron chi connectivity index (χ1n) is 17.5. The summed E-state index contributed by atoms with van der Waals surface area (Å²) in [6.45, 7) is 3.42. The van der Waals surface area contributed by atoms with Crippen LogP contribution in [-0.2, 0) is 30.7 Å². The predicted molar refractivity (Wildman–Crippen MR) is 195 cm³/mol. The van der Waals surface area contributed by atoms with Gasteiger partial charge in [-0.3, -0.25) is 15.1 Å². The van der Waals surface area contributed by atoms with Gasteiger partial charge in [0, 0.05) is 43.9 Å². The topological polar surface area (TPSA) is 161 Å². The van der Waals surface area contributed by atoms with Gasteiger partial charge in [-0.05, 0) is 77.6 Å². The van der Waals surface area contributed by atoms with Crippen LogP contribution >= 0.6 is 0 Å². The Bertz CT molecular complexity index is 1690. The van der Waals surface area contributed by atoms with Crippen LogP contribution in [0.3, 0.4) is 0 Å². The van der Waals surface area contributed by atoms with E-state index in [1.807, 2.05) is 54.6 Å². The Morgan fingerprint density at radius 1 is 1.02 bits per heavy atom. The molecule has 0 amide bonds. The number of Topliss-reactive ketones (excluding diaryl/α,β-unsaturated/α-hetero) is 1. The second-order valence-electron chi connectivity index (χ2n) is 13.2. The Balaban J connectivity index is 1.14. The lowest BCUT2D eigenvalue weighted by atomic mass is 9.95. The maximum atomic E-state index is 12.4. The number of nitrogens with zero attached hydrogens (tertiary/aromatic N) is 2. The van der Waals surface area contributed by atoms with Crippen molar-refractivity contribution in [3.8, 4) is 11.5 Å².